The highest BCUT2D eigenvalue weighted by Gasteiger charge is 2.13. The van der Waals surface area contributed by atoms with Gasteiger partial charge in [0, 0.05) is 13.1 Å². The van der Waals surface area contributed by atoms with Gasteiger partial charge in [-0.25, -0.2) is 9.59 Å². The predicted molar refractivity (Wildman–Crippen MR) is 66.9 cm³/mol. The highest BCUT2D eigenvalue weighted by atomic mass is 16.4. The smallest absolute Gasteiger partial charge is 0.371 e. The molecule has 0 aliphatic carbocycles. The van der Waals surface area contributed by atoms with Crippen molar-refractivity contribution in [2.75, 3.05) is 19.7 Å². The van der Waals surface area contributed by atoms with E-state index in [1.54, 1.807) is 0 Å². The normalized spacial score (nSPS) is 10.2. The molecule has 0 radical (unpaired) electrons. The fourth-order valence-corrected chi connectivity index (χ4v) is 1.57. The summed E-state index contributed by atoms with van der Waals surface area (Å²) in [4.78, 5) is 23.9. The van der Waals surface area contributed by atoms with Crippen LogP contribution in [0.1, 0.15) is 29.7 Å². The number of hydrogen-bond acceptors (Lipinski definition) is 4. The molecule has 0 fully saturated rings. The highest BCUT2D eigenvalue weighted by Crippen LogP contribution is 2.07. The van der Waals surface area contributed by atoms with Gasteiger partial charge in [-0.2, -0.15) is 0 Å². The number of nitrogens with one attached hydrogen (secondary N) is 1. The van der Waals surface area contributed by atoms with Crippen LogP contribution in [0.2, 0.25) is 0 Å². The van der Waals surface area contributed by atoms with E-state index < -0.39 is 5.97 Å². The third kappa shape index (κ3) is 4.63. The molecule has 0 bridgehead atoms. The number of nitrogens with zero attached hydrogens (tertiary/aromatic N) is 1. The van der Waals surface area contributed by atoms with Gasteiger partial charge in [0.15, 0.2) is 0 Å². The largest absolute Gasteiger partial charge is 0.475 e. The lowest BCUT2D eigenvalue weighted by Crippen LogP contribution is -2.41. The lowest BCUT2D eigenvalue weighted by Gasteiger charge is -2.21. The molecular weight excluding hydrogens is 252 g/mol. The molecule has 0 aliphatic rings. The first-order chi connectivity index (χ1) is 9.08. The van der Waals surface area contributed by atoms with Crippen LogP contribution in [0.3, 0.4) is 0 Å². The molecule has 1 aromatic rings. The second-order valence-electron chi connectivity index (χ2n) is 3.94. The van der Waals surface area contributed by atoms with E-state index in [-0.39, 0.29) is 31.5 Å². The SMILES string of the molecule is CCCN(CCO)C(=O)NCc1ccc(C(=O)O)o1. The number of urea groups is 1. The highest BCUT2D eigenvalue weighted by molar-refractivity contribution is 5.84. The van der Waals surface area contributed by atoms with Crippen molar-refractivity contribution in [3.05, 3.63) is 23.7 Å². The van der Waals surface area contributed by atoms with Gasteiger partial charge in [0.25, 0.3) is 0 Å². The van der Waals surface area contributed by atoms with Gasteiger partial charge >= 0.3 is 12.0 Å². The van der Waals surface area contributed by atoms with E-state index in [0.29, 0.717) is 12.3 Å². The van der Waals surface area contributed by atoms with Crippen molar-refractivity contribution < 1.29 is 24.2 Å². The Hall–Kier alpha value is -2.02. The van der Waals surface area contributed by atoms with Gasteiger partial charge < -0.3 is 24.8 Å². The molecule has 0 aliphatic heterocycles. The molecule has 0 aromatic carbocycles. The summed E-state index contributed by atoms with van der Waals surface area (Å²) < 4.78 is 5.01. The molecule has 0 spiro atoms. The second kappa shape index (κ2) is 7.42. The number of carbonyl (C=O) groups is 2. The molecule has 2 amide bonds. The number of amides is 2. The number of hydrogen-bond donors (Lipinski definition) is 3. The minimum atomic E-state index is -1.15. The van der Waals surface area contributed by atoms with Gasteiger partial charge in [0.2, 0.25) is 5.76 Å². The maximum absolute atomic E-state index is 11.8. The summed E-state index contributed by atoms with van der Waals surface area (Å²) in [6, 6.07) is 2.52. The van der Waals surface area contributed by atoms with E-state index in [2.05, 4.69) is 5.32 Å². The zero-order chi connectivity index (χ0) is 14.3. The molecular formula is C12H18N2O5. The number of carboxylic acid groups (broad SMARTS) is 1. The molecule has 7 heteroatoms. The van der Waals surface area contributed by atoms with E-state index in [1.165, 1.54) is 17.0 Å². The van der Waals surface area contributed by atoms with Crippen molar-refractivity contribution in [2.45, 2.75) is 19.9 Å². The van der Waals surface area contributed by atoms with Crippen LogP contribution in [0.5, 0.6) is 0 Å². The van der Waals surface area contributed by atoms with E-state index >= 15 is 0 Å². The number of aliphatic hydroxyl groups is 1. The summed E-state index contributed by atoms with van der Waals surface area (Å²) in [6.07, 6.45) is 0.789. The van der Waals surface area contributed by atoms with E-state index in [0.717, 1.165) is 6.42 Å². The minimum absolute atomic E-state index is 0.0999. The van der Waals surface area contributed by atoms with Crippen LogP contribution in [-0.2, 0) is 6.54 Å². The monoisotopic (exact) mass is 270 g/mol. The molecule has 1 rings (SSSR count). The van der Waals surface area contributed by atoms with Gasteiger partial charge in [0.05, 0.1) is 13.2 Å². The molecule has 1 heterocycles. The first-order valence-corrected chi connectivity index (χ1v) is 6.04. The number of carboxylic acids is 1. The molecule has 7 nitrogen and oxygen atoms in total. The maximum atomic E-state index is 11.8. The van der Waals surface area contributed by atoms with E-state index in [4.69, 9.17) is 14.6 Å². The third-order valence-corrected chi connectivity index (χ3v) is 2.44. The topological polar surface area (TPSA) is 103 Å². The Balaban J connectivity index is 2.49. The van der Waals surface area contributed by atoms with Gasteiger partial charge in [-0.1, -0.05) is 6.92 Å². The first kappa shape index (κ1) is 15.0. The van der Waals surface area contributed by atoms with Gasteiger partial charge in [-0.3, -0.25) is 0 Å². The molecule has 0 atom stereocenters. The lowest BCUT2D eigenvalue weighted by molar-refractivity contribution is 0.0660. The van der Waals surface area contributed by atoms with Gasteiger partial charge in [0.1, 0.15) is 5.76 Å². The Morgan fingerprint density at radius 3 is 2.63 bits per heavy atom. The minimum Gasteiger partial charge on any atom is -0.475 e. The van der Waals surface area contributed by atoms with Crippen molar-refractivity contribution in [3.63, 3.8) is 0 Å². The summed E-state index contributed by atoms with van der Waals surface area (Å²) in [6.45, 7) is 2.75. The summed E-state index contributed by atoms with van der Waals surface area (Å²) in [7, 11) is 0. The standard InChI is InChI=1S/C12H18N2O5/c1-2-5-14(6-7-15)12(18)13-8-9-3-4-10(19-9)11(16)17/h3-4,15H,2,5-8H2,1H3,(H,13,18)(H,16,17). The lowest BCUT2D eigenvalue weighted by atomic mass is 10.4. The van der Waals surface area contributed by atoms with Crippen LogP contribution in [0.15, 0.2) is 16.5 Å². The Morgan fingerprint density at radius 1 is 1.37 bits per heavy atom. The molecule has 0 saturated heterocycles. The summed E-state index contributed by atoms with van der Waals surface area (Å²) in [5, 5.41) is 20.2. The Bertz CT molecular complexity index is 424. The average molecular weight is 270 g/mol. The molecule has 106 valence electrons. The van der Waals surface area contributed by atoms with Crippen LogP contribution in [-0.4, -0.2) is 46.8 Å². The van der Waals surface area contributed by atoms with Crippen LogP contribution in [0.4, 0.5) is 4.79 Å². The van der Waals surface area contributed by atoms with Gasteiger partial charge in [-0.05, 0) is 18.6 Å². The van der Waals surface area contributed by atoms with Crippen LogP contribution >= 0.6 is 0 Å². The average Bonchev–Trinajstić information content (AvgIpc) is 2.84. The number of aromatic carboxylic acids is 1. The van der Waals surface area contributed by atoms with Crippen molar-refractivity contribution in [2.24, 2.45) is 0 Å². The molecule has 19 heavy (non-hydrogen) atoms. The van der Waals surface area contributed by atoms with Gasteiger partial charge in [-0.15, -0.1) is 0 Å². The summed E-state index contributed by atoms with van der Waals surface area (Å²) >= 11 is 0. The second-order valence-corrected chi connectivity index (χ2v) is 3.94. The number of rotatable bonds is 7. The van der Waals surface area contributed by atoms with Crippen molar-refractivity contribution in [1.82, 2.24) is 10.2 Å². The number of furan rings is 1. The van der Waals surface area contributed by atoms with Crippen LogP contribution in [0, 0.1) is 0 Å². The quantitative estimate of drug-likeness (QED) is 0.682. The zero-order valence-corrected chi connectivity index (χ0v) is 10.8. The molecule has 0 unspecified atom stereocenters. The van der Waals surface area contributed by atoms with E-state index in [9.17, 15) is 9.59 Å². The molecule has 0 saturated carbocycles. The first-order valence-electron chi connectivity index (χ1n) is 6.04. The van der Waals surface area contributed by atoms with Crippen LogP contribution in [0.25, 0.3) is 0 Å². The van der Waals surface area contributed by atoms with Crippen LogP contribution < -0.4 is 5.32 Å². The van der Waals surface area contributed by atoms with Crippen molar-refractivity contribution in [1.29, 1.82) is 0 Å². The Morgan fingerprint density at radius 2 is 2.11 bits per heavy atom. The van der Waals surface area contributed by atoms with Crippen molar-refractivity contribution >= 4 is 12.0 Å². The van der Waals surface area contributed by atoms with Crippen molar-refractivity contribution in [3.8, 4) is 0 Å². The zero-order valence-electron chi connectivity index (χ0n) is 10.8. The third-order valence-electron chi connectivity index (χ3n) is 2.44. The summed E-state index contributed by atoms with van der Waals surface area (Å²) in [5.74, 6) is -0.943. The number of carbonyl (C=O) groups excluding carboxylic acids is 1. The predicted octanol–water partition coefficient (Wildman–Crippen LogP) is 0.892. The summed E-state index contributed by atoms with van der Waals surface area (Å²) in [5.41, 5.74) is 0. The maximum Gasteiger partial charge on any atom is 0.371 e. The number of aliphatic hydroxyl groups excluding tert-OH is 1. The molecule has 3 N–H and O–H groups in total. The fraction of sp³-hybridized carbons (Fsp3) is 0.500. The Kier molecular flexibility index (Phi) is 5.87. The molecule has 1 aromatic heterocycles. The Labute approximate surface area is 110 Å². The van der Waals surface area contributed by atoms with E-state index in [1.807, 2.05) is 6.92 Å². The fourth-order valence-electron chi connectivity index (χ4n) is 1.57.